The topological polar surface area (TPSA) is 9.23 Å². The fourth-order valence-electron chi connectivity index (χ4n) is 3.38. The van der Waals surface area contributed by atoms with Crippen LogP contribution >= 0.6 is 0 Å². The van der Waals surface area contributed by atoms with E-state index in [0.29, 0.717) is 5.92 Å². The second kappa shape index (κ2) is 17.7. The molecule has 0 heterocycles. The van der Waals surface area contributed by atoms with Crippen LogP contribution in [0.3, 0.4) is 0 Å². The van der Waals surface area contributed by atoms with Gasteiger partial charge in [-0.2, -0.15) is 11.1 Å². The van der Waals surface area contributed by atoms with Crippen molar-refractivity contribution >= 4 is 21.4 Å². The van der Waals surface area contributed by atoms with Crippen molar-refractivity contribution in [2.45, 2.75) is 40.8 Å². The minimum atomic E-state index is 0. The molecule has 3 aromatic carbocycles. The van der Waals surface area contributed by atoms with Crippen LogP contribution in [-0.4, -0.2) is 9.52 Å². The van der Waals surface area contributed by atoms with Gasteiger partial charge in [0, 0.05) is 36.8 Å². The van der Waals surface area contributed by atoms with Crippen LogP contribution in [0.4, 0.5) is 0 Å². The number of rotatable bonds is 5. The first-order valence-electron chi connectivity index (χ1n) is 12.2. The summed E-state index contributed by atoms with van der Waals surface area (Å²) in [5.41, 5.74) is 6.46. The van der Waals surface area contributed by atoms with E-state index in [1.54, 1.807) is 0 Å². The van der Waals surface area contributed by atoms with Crippen molar-refractivity contribution in [1.29, 1.82) is 0 Å². The maximum absolute atomic E-state index is 6.05. The zero-order valence-corrected chi connectivity index (χ0v) is 25.2. The van der Waals surface area contributed by atoms with E-state index in [1.807, 2.05) is 91.0 Å². The molecule has 4 rings (SSSR count). The van der Waals surface area contributed by atoms with E-state index in [1.165, 1.54) is 16.7 Å². The van der Waals surface area contributed by atoms with Gasteiger partial charge in [-0.3, -0.25) is 6.08 Å². The Kier molecular flexibility index (Phi) is 15.5. The third kappa shape index (κ3) is 11.0. The number of hydrogen-bond acceptors (Lipinski definition) is 1. The molecule has 3 aromatic rings. The summed E-state index contributed by atoms with van der Waals surface area (Å²) in [5.74, 6) is 2.21. The number of benzene rings is 3. The molecule has 0 spiro atoms. The summed E-state index contributed by atoms with van der Waals surface area (Å²) in [6.07, 6.45) is 9.44. The summed E-state index contributed by atoms with van der Waals surface area (Å²) in [7, 11) is 0.750. The van der Waals surface area contributed by atoms with E-state index in [4.69, 9.17) is 4.74 Å². The van der Waals surface area contributed by atoms with Gasteiger partial charge in [0.2, 0.25) is 0 Å². The molecule has 36 heavy (non-hydrogen) atoms. The van der Waals surface area contributed by atoms with Gasteiger partial charge in [-0.15, -0.1) is 6.92 Å². The van der Waals surface area contributed by atoms with E-state index in [2.05, 4.69) is 65.1 Å². The predicted molar refractivity (Wildman–Crippen MR) is 156 cm³/mol. The summed E-state index contributed by atoms with van der Waals surface area (Å²) in [5, 5.41) is 0. The Bertz CT molecular complexity index is 1130. The Hall–Kier alpha value is -2.65. The monoisotopic (exact) mass is 526 g/mol. The molecule has 0 aliphatic heterocycles. The van der Waals surface area contributed by atoms with Crippen LogP contribution in [0.5, 0.6) is 5.75 Å². The van der Waals surface area contributed by atoms with Crippen molar-refractivity contribution in [3.05, 3.63) is 137 Å². The van der Waals surface area contributed by atoms with Gasteiger partial charge in [0.1, 0.15) is 11.5 Å². The summed E-state index contributed by atoms with van der Waals surface area (Å²) in [6, 6.07) is 30.2. The third-order valence-electron chi connectivity index (χ3n) is 5.60. The molecule has 1 radical (unpaired) electrons. The Balaban J connectivity index is 0.000000417. The molecule has 0 N–H and O–H groups in total. The van der Waals surface area contributed by atoms with Crippen molar-refractivity contribution in [2.24, 2.45) is 5.92 Å². The summed E-state index contributed by atoms with van der Waals surface area (Å²) >= 11 is 0. The molecular formula is C33H38OSiTi-. The molecule has 0 saturated carbocycles. The molecule has 3 heteroatoms. The van der Waals surface area contributed by atoms with E-state index >= 15 is 0 Å². The fourth-order valence-corrected chi connectivity index (χ4v) is 3.38. The van der Waals surface area contributed by atoms with Gasteiger partial charge in [0.15, 0.2) is 0 Å². The quantitative estimate of drug-likeness (QED) is 0.139. The largest absolute Gasteiger partial charge is 0.457 e. The standard InChI is InChI=1S/C22H18O.C9H13.C2H7Si.Ti/c1-4-11-19(12-5-1)13-10-18-22(20-14-6-2-7-15-20)23-21-16-8-3-9-17-21;1-6-5-7(2)9(4)8(6)3;1-3-2;/h1-18H;6H,1-4H3;3H,1-2H3;/q;-1;;. The van der Waals surface area contributed by atoms with Gasteiger partial charge in [-0.25, -0.2) is 5.57 Å². The summed E-state index contributed by atoms with van der Waals surface area (Å²) < 4.78 is 6.05. The van der Waals surface area contributed by atoms with Crippen molar-refractivity contribution < 1.29 is 26.5 Å². The minimum Gasteiger partial charge on any atom is -0.457 e. The van der Waals surface area contributed by atoms with Gasteiger partial charge in [-0.1, -0.05) is 131 Å². The van der Waals surface area contributed by atoms with Gasteiger partial charge in [-0.05, 0) is 23.8 Å². The maximum Gasteiger partial charge on any atom is 0.134 e. The van der Waals surface area contributed by atoms with Gasteiger partial charge in [0.05, 0.1) is 0 Å². The number of ether oxygens (including phenoxy) is 1. The van der Waals surface area contributed by atoms with E-state index in [-0.39, 0.29) is 21.7 Å². The maximum atomic E-state index is 6.05. The Morgan fingerprint density at radius 1 is 0.806 bits per heavy atom. The Labute approximate surface area is 236 Å². The molecule has 185 valence electrons. The molecule has 0 fully saturated rings. The Morgan fingerprint density at radius 2 is 1.31 bits per heavy atom. The second-order valence-electron chi connectivity index (χ2n) is 8.46. The van der Waals surface area contributed by atoms with Crippen molar-refractivity contribution in [1.82, 2.24) is 0 Å². The average molecular weight is 527 g/mol. The normalized spacial score (nSPS) is 14.7. The molecule has 1 nitrogen and oxygen atoms in total. The van der Waals surface area contributed by atoms with Crippen molar-refractivity contribution in [3.63, 3.8) is 0 Å². The second-order valence-corrected chi connectivity index (χ2v) is 9.61. The average Bonchev–Trinajstić information content (AvgIpc) is 3.11. The van der Waals surface area contributed by atoms with Crippen LogP contribution in [0.15, 0.2) is 120 Å². The van der Waals surface area contributed by atoms with E-state index in [9.17, 15) is 0 Å². The van der Waals surface area contributed by atoms with Gasteiger partial charge < -0.3 is 4.74 Å². The summed E-state index contributed by atoms with van der Waals surface area (Å²) in [4.78, 5) is 0. The summed E-state index contributed by atoms with van der Waals surface area (Å²) in [6.45, 7) is 13.1. The first-order valence-corrected chi connectivity index (χ1v) is 14.5. The molecule has 1 aliphatic rings. The predicted octanol–water partition coefficient (Wildman–Crippen LogP) is 9.06. The minimum absolute atomic E-state index is 0. The SMILES string of the molecule is C(=Cc1ccccc1)C=C(Oc1ccccc1)c1ccccc1.CC1=[C-]C(C)C(C)=C1C.C[SiH]C.[Ti]. The smallest absolute Gasteiger partial charge is 0.134 e. The van der Waals surface area contributed by atoms with Crippen LogP contribution in [0.25, 0.3) is 11.8 Å². The molecular weight excluding hydrogens is 488 g/mol. The Morgan fingerprint density at radius 3 is 1.75 bits per heavy atom. The first kappa shape index (κ1) is 31.4. The van der Waals surface area contributed by atoms with Gasteiger partial charge in [0.25, 0.3) is 0 Å². The first-order chi connectivity index (χ1) is 17.0. The van der Waals surface area contributed by atoms with Crippen molar-refractivity contribution in [2.75, 3.05) is 0 Å². The van der Waals surface area contributed by atoms with Crippen LogP contribution in [0, 0.1) is 12.0 Å². The van der Waals surface area contributed by atoms with Gasteiger partial charge >= 0.3 is 0 Å². The van der Waals surface area contributed by atoms with E-state index < -0.39 is 0 Å². The number of hydrogen-bond donors (Lipinski definition) is 0. The molecule has 1 unspecified atom stereocenters. The molecule has 0 bridgehead atoms. The molecule has 0 saturated heterocycles. The molecule has 1 atom stereocenters. The van der Waals surface area contributed by atoms with Crippen LogP contribution in [-0.2, 0) is 21.7 Å². The number of para-hydroxylation sites is 1. The number of allylic oxidation sites excluding steroid dienone is 6. The van der Waals surface area contributed by atoms with Crippen LogP contribution in [0.2, 0.25) is 13.1 Å². The fraction of sp³-hybridized carbons (Fsp3) is 0.212. The van der Waals surface area contributed by atoms with Crippen LogP contribution < -0.4 is 4.74 Å². The molecule has 1 aliphatic carbocycles. The van der Waals surface area contributed by atoms with Crippen molar-refractivity contribution in [3.8, 4) is 5.75 Å². The third-order valence-corrected chi connectivity index (χ3v) is 5.60. The molecule has 0 aromatic heterocycles. The zero-order chi connectivity index (χ0) is 25.5. The molecule has 0 amide bonds. The van der Waals surface area contributed by atoms with Crippen LogP contribution in [0.1, 0.15) is 38.8 Å². The van der Waals surface area contributed by atoms with E-state index in [0.717, 1.165) is 32.2 Å². The zero-order valence-electron chi connectivity index (χ0n) is 22.5.